The van der Waals surface area contributed by atoms with E-state index >= 15 is 0 Å². The first kappa shape index (κ1) is 12.3. The highest BCUT2D eigenvalue weighted by atomic mass is 16.4. The van der Waals surface area contributed by atoms with Crippen LogP contribution in [0.1, 0.15) is 31.0 Å². The van der Waals surface area contributed by atoms with Crippen LogP contribution >= 0.6 is 0 Å². The third-order valence-corrected chi connectivity index (χ3v) is 4.17. The summed E-state index contributed by atoms with van der Waals surface area (Å²) in [6.07, 6.45) is 3.60. The zero-order valence-electron chi connectivity index (χ0n) is 11.2. The van der Waals surface area contributed by atoms with Crippen molar-refractivity contribution in [3.05, 3.63) is 35.5 Å². The highest BCUT2D eigenvalue weighted by Crippen LogP contribution is 2.34. The molecule has 3 rings (SSSR count). The number of hydrogen-bond acceptors (Lipinski definition) is 1. The van der Waals surface area contributed by atoms with E-state index in [1.165, 1.54) is 28.6 Å². The third-order valence-electron chi connectivity index (χ3n) is 4.17. The van der Waals surface area contributed by atoms with Crippen molar-refractivity contribution in [2.24, 2.45) is 5.92 Å². The molecule has 3 nitrogen and oxygen atoms in total. The van der Waals surface area contributed by atoms with Crippen LogP contribution in [0.25, 0.3) is 10.9 Å². The molecule has 0 saturated carbocycles. The Labute approximate surface area is 112 Å². The lowest BCUT2D eigenvalue weighted by atomic mass is 9.88. The first-order valence-corrected chi connectivity index (χ1v) is 6.97. The van der Waals surface area contributed by atoms with E-state index in [1.54, 1.807) is 0 Å². The fourth-order valence-electron chi connectivity index (χ4n) is 3.24. The molecule has 1 atom stereocenters. The fourth-order valence-corrected chi connectivity index (χ4v) is 3.24. The van der Waals surface area contributed by atoms with Crippen LogP contribution in [0.2, 0.25) is 0 Å². The number of benzene rings is 1. The molecule has 1 N–H and O–H groups in total. The monoisotopic (exact) mass is 257 g/mol. The number of carboxylic acids is 1. The molecule has 1 aromatic heterocycles. The Morgan fingerprint density at radius 1 is 1.42 bits per heavy atom. The molecule has 0 amide bonds. The molecule has 1 aromatic carbocycles. The van der Waals surface area contributed by atoms with Gasteiger partial charge in [0.05, 0.1) is 6.42 Å². The van der Waals surface area contributed by atoms with Gasteiger partial charge < -0.3 is 9.67 Å². The number of carboxylic acid groups (broad SMARTS) is 1. The molecule has 0 fully saturated rings. The van der Waals surface area contributed by atoms with Crippen molar-refractivity contribution in [1.29, 1.82) is 0 Å². The Bertz CT molecular complexity index is 627. The molecule has 100 valence electrons. The Hall–Kier alpha value is -1.77. The summed E-state index contributed by atoms with van der Waals surface area (Å²) >= 11 is 0. The molecule has 1 aliphatic rings. The number of hydrogen-bond donors (Lipinski definition) is 1. The van der Waals surface area contributed by atoms with Gasteiger partial charge in [0, 0.05) is 23.1 Å². The van der Waals surface area contributed by atoms with E-state index in [2.05, 4.69) is 29.7 Å². The van der Waals surface area contributed by atoms with Crippen LogP contribution in [0.15, 0.2) is 24.3 Å². The number of nitrogens with zero attached hydrogens (tertiary/aromatic N) is 1. The molecule has 0 aliphatic heterocycles. The highest BCUT2D eigenvalue weighted by Gasteiger charge is 2.23. The second-order valence-corrected chi connectivity index (χ2v) is 5.59. The Kier molecular flexibility index (Phi) is 3.05. The number of rotatable bonds is 3. The van der Waals surface area contributed by atoms with E-state index in [9.17, 15) is 4.79 Å². The predicted molar refractivity (Wildman–Crippen MR) is 75.4 cm³/mol. The molecule has 0 saturated heterocycles. The second-order valence-electron chi connectivity index (χ2n) is 5.59. The van der Waals surface area contributed by atoms with Gasteiger partial charge >= 0.3 is 5.97 Å². The Morgan fingerprint density at radius 3 is 3.00 bits per heavy atom. The minimum absolute atomic E-state index is 0.195. The summed E-state index contributed by atoms with van der Waals surface area (Å²) in [5.41, 5.74) is 4.00. The molecule has 0 unspecified atom stereocenters. The van der Waals surface area contributed by atoms with Gasteiger partial charge in [-0.25, -0.2) is 0 Å². The predicted octanol–water partition coefficient (Wildman–Crippen LogP) is 3.24. The third kappa shape index (κ3) is 2.14. The molecule has 0 bridgehead atoms. The van der Waals surface area contributed by atoms with E-state index in [1.807, 2.05) is 6.07 Å². The highest BCUT2D eigenvalue weighted by molar-refractivity contribution is 5.86. The minimum Gasteiger partial charge on any atom is -0.481 e. The minimum atomic E-state index is -0.726. The molecule has 2 aromatic rings. The fraction of sp³-hybridized carbons (Fsp3) is 0.438. The number of aryl methyl sites for hydroxylation is 1. The maximum absolute atomic E-state index is 10.8. The van der Waals surface area contributed by atoms with Crippen molar-refractivity contribution in [1.82, 2.24) is 4.57 Å². The normalized spacial score (nSPS) is 18.5. The summed E-state index contributed by atoms with van der Waals surface area (Å²) in [6.45, 7) is 2.88. The number of para-hydroxylation sites is 1. The lowest BCUT2D eigenvalue weighted by molar-refractivity contribution is -0.137. The molecule has 19 heavy (non-hydrogen) atoms. The van der Waals surface area contributed by atoms with Gasteiger partial charge in [0.1, 0.15) is 0 Å². The summed E-state index contributed by atoms with van der Waals surface area (Å²) < 4.78 is 2.23. The van der Waals surface area contributed by atoms with Crippen LogP contribution < -0.4 is 0 Å². The van der Waals surface area contributed by atoms with Gasteiger partial charge in [-0.2, -0.15) is 0 Å². The van der Waals surface area contributed by atoms with Crippen molar-refractivity contribution in [2.75, 3.05) is 0 Å². The Balaban J connectivity index is 2.12. The van der Waals surface area contributed by atoms with Crippen LogP contribution in [0.5, 0.6) is 0 Å². The van der Waals surface area contributed by atoms with Gasteiger partial charge in [-0.3, -0.25) is 4.79 Å². The van der Waals surface area contributed by atoms with Crippen molar-refractivity contribution >= 4 is 16.9 Å². The number of carbonyl (C=O) groups is 1. The van der Waals surface area contributed by atoms with Crippen LogP contribution in [0, 0.1) is 5.92 Å². The van der Waals surface area contributed by atoms with Crippen LogP contribution in [0.4, 0.5) is 0 Å². The molecular weight excluding hydrogens is 238 g/mol. The average molecular weight is 257 g/mol. The van der Waals surface area contributed by atoms with E-state index in [4.69, 9.17) is 5.11 Å². The number of fused-ring (bicyclic) bond motifs is 3. The molecule has 1 heterocycles. The van der Waals surface area contributed by atoms with E-state index < -0.39 is 5.97 Å². The van der Waals surface area contributed by atoms with Gasteiger partial charge in [-0.15, -0.1) is 0 Å². The molecular formula is C16H19NO2. The van der Waals surface area contributed by atoms with Crippen LogP contribution in [0.3, 0.4) is 0 Å². The summed E-state index contributed by atoms with van der Waals surface area (Å²) in [4.78, 5) is 10.8. The van der Waals surface area contributed by atoms with Crippen molar-refractivity contribution in [3.8, 4) is 0 Å². The maximum atomic E-state index is 10.8. The SMILES string of the molecule is C[C@@H]1CCc2c(c3ccccc3n2CCC(=O)O)C1. The Morgan fingerprint density at radius 2 is 2.21 bits per heavy atom. The average Bonchev–Trinajstić information content (AvgIpc) is 2.70. The van der Waals surface area contributed by atoms with E-state index in [0.717, 1.165) is 18.8 Å². The standard InChI is InChI=1S/C16H19NO2/c1-11-6-7-15-13(10-11)12-4-2-3-5-14(12)17(15)9-8-16(18)19/h2-5,11H,6-10H2,1H3,(H,18,19)/t11-/m1/s1. The van der Waals surface area contributed by atoms with Gasteiger partial charge in [0.15, 0.2) is 0 Å². The number of aliphatic carboxylic acids is 1. The molecule has 0 radical (unpaired) electrons. The van der Waals surface area contributed by atoms with Crippen molar-refractivity contribution in [3.63, 3.8) is 0 Å². The molecule has 1 aliphatic carbocycles. The zero-order valence-corrected chi connectivity index (χ0v) is 11.2. The molecule has 3 heteroatoms. The quantitative estimate of drug-likeness (QED) is 0.917. The van der Waals surface area contributed by atoms with E-state index in [0.29, 0.717) is 6.54 Å². The van der Waals surface area contributed by atoms with Crippen LogP contribution in [-0.4, -0.2) is 15.6 Å². The van der Waals surface area contributed by atoms with Gasteiger partial charge in [0.2, 0.25) is 0 Å². The lowest BCUT2D eigenvalue weighted by Crippen LogP contribution is -2.15. The lowest BCUT2D eigenvalue weighted by Gasteiger charge is -2.20. The van der Waals surface area contributed by atoms with Crippen molar-refractivity contribution in [2.45, 2.75) is 39.2 Å². The summed E-state index contributed by atoms with van der Waals surface area (Å²) in [5.74, 6) is 0.00179. The second kappa shape index (κ2) is 4.72. The van der Waals surface area contributed by atoms with Gasteiger partial charge in [-0.1, -0.05) is 25.1 Å². The smallest absolute Gasteiger partial charge is 0.305 e. The van der Waals surface area contributed by atoms with Crippen LogP contribution in [-0.2, 0) is 24.2 Å². The van der Waals surface area contributed by atoms with Crippen molar-refractivity contribution < 1.29 is 9.90 Å². The first-order chi connectivity index (χ1) is 9.16. The largest absolute Gasteiger partial charge is 0.481 e. The summed E-state index contributed by atoms with van der Waals surface area (Å²) in [7, 11) is 0. The molecule has 0 spiro atoms. The topological polar surface area (TPSA) is 42.2 Å². The summed E-state index contributed by atoms with van der Waals surface area (Å²) in [6, 6.07) is 8.39. The van der Waals surface area contributed by atoms with Gasteiger partial charge in [0.25, 0.3) is 0 Å². The zero-order chi connectivity index (χ0) is 13.4. The number of aromatic nitrogens is 1. The maximum Gasteiger partial charge on any atom is 0.305 e. The first-order valence-electron chi connectivity index (χ1n) is 6.97. The summed E-state index contributed by atoms with van der Waals surface area (Å²) in [5, 5.41) is 10.2. The van der Waals surface area contributed by atoms with E-state index in [-0.39, 0.29) is 6.42 Å². The van der Waals surface area contributed by atoms with Gasteiger partial charge in [-0.05, 0) is 36.8 Å².